The number of nitrogens with one attached hydrogen (secondary N) is 1. The maximum atomic E-state index is 11.9. The molecule has 1 unspecified atom stereocenters. The van der Waals surface area contributed by atoms with Gasteiger partial charge in [-0.15, -0.1) is 0 Å². The molecule has 1 aromatic rings. The SMILES string of the molecule is CCCc1ccc(C(=O)NC(C)CCC(=O)O)cc1. The van der Waals surface area contributed by atoms with Crippen LogP contribution in [0.3, 0.4) is 0 Å². The number of rotatable bonds is 7. The summed E-state index contributed by atoms with van der Waals surface area (Å²) in [5.41, 5.74) is 1.83. The maximum Gasteiger partial charge on any atom is 0.303 e. The van der Waals surface area contributed by atoms with E-state index < -0.39 is 5.97 Å². The molecule has 19 heavy (non-hydrogen) atoms. The summed E-state index contributed by atoms with van der Waals surface area (Å²) < 4.78 is 0. The van der Waals surface area contributed by atoms with Gasteiger partial charge in [0, 0.05) is 18.0 Å². The molecule has 0 aliphatic rings. The van der Waals surface area contributed by atoms with E-state index >= 15 is 0 Å². The number of carboxylic acids is 1. The molecule has 0 fully saturated rings. The predicted molar refractivity (Wildman–Crippen MR) is 74.2 cm³/mol. The first kappa shape index (κ1) is 15.2. The first-order valence-corrected chi connectivity index (χ1v) is 6.64. The van der Waals surface area contributed by atoms with Crippen LogP contribution in [0.1, 0.15) is 49.0 Å². The van der Waals surface area contributed by atoms with Gasteiger partial charge in [-0.25, -0.2) is 0 Å². The Hall–Kier alpha value is -1.84. The van der Waals surface area contributed by atoms with Crippen LogP contribution in [0.2, 0.25) is 0 Å². The van der Waals surface area contributed by atoms with Gasteiger partial charge in [0.15, 0.2) is 0 Å². The summed E-state index contributed by atoms with van der Waals surface area (Å²) in [6, 6.07) is 7.40. The number of carbonyl (C=O) groups excluding carboxylic acids is 1. The van der Waals surface area contributed by atoms with Crippen molar-refractivity contribution in [2.75, 3.05) is 0 Å². The van der Waals surface area contributed by atoms with E-state index in [0.29, 0.717) is 12.0 Å². The third-order valence-corrected chi connectivity index (χ3v) is 2.92. The van der Waals surface area contributed by atoms with E-state index in [9.17, 15) is 9.59 Å². The maximum absolute atomic E-state index is 11.9. The highest BCUT2D eigenvalue weighted by Gasteiger charge is 2.10. The lowest BCUT2D eigenvalue weighted by atomic mass is 10.1. The van der Waals surface area contributed by atoms with Crippen LogP contribution in [0.5, 0.6) is 0 Å². The Morgan fingerprint density at radius 1 is 1.26 bits per heavy atom. The zero-order valence-electron chi connectivity index (χ0n) is 11.5. The average Bonchev–Trinajstić information content (AvgIpc) is 2.37. The Morgan fingerprint density at radius 2 is 1.89 bits per heavy atom. The number of aliphatic carboxylic acids is 1. The van der Waals surface area contributed by atoms with Crippen LogP contribution in [0.15, 0.2) is 24.3 Å². The lowest BCUT2D eigenvalue weighted by Crippen LogP contribution is -2.32. The van der Waals surface area contributed by atoms with Crippen molar-refractivity contribution in [3.05, 3.63) is 35.4 Å². The first-order chi connectivity index (χ1) is 9.02. The highest BCUT2D eigenvalue weighted by molar-refractivity contribution is 5.94. The molecule has 1 rings (SSSR count). The van der Waals surface area contributed by atoms with Gasteiger partial charge in [0.2, 0.25) is 0 Å². The number of amides is 1. The summed E-state index contributed by atoms with van der Waals surface area (Å²) in [4.78, 5) is 22.4. The third-order valence-electron chi connectivity index (χ3n) is 2.92. The second-order valence-corrected chi connectivity index (χ2v) is 4.75. The zero-order valence-corrected chi connectivity index (χ0v) is 11.5. The molecule has 0 saturated heterocycles. The molecule has 4 heteroatoms. The molecule has 0 aliphatic heterocycles. The van der Waals surface area contributed by atoms with E-state index in [1.165, 1.54) is 5.56 Å². The van der Waals surface area contributed by atoms with Crippen LogP contribution in [-0.2, 0) is 11.2 Å². The molecular formula is C15H21NO3. The van der Waals surface area contributed by atoms with E-state index in [2.05, 4.69) is 12.2 Å². The quantitative estimate of drug-likeness (QED) is 0.794. The van der Waals surface area contributed by atoms with Crippen LogP contribution >= 0.6 is 0 Å². The van der Waals surface area contributed by atoms with Gasteiger partial charge >= 0.3 is 5.97 Å². The van der Waals surface area contributed by atoms with Gasteiger partial charge in [-0.2, -0.15) is 0 Å². The largest absolute Gasteiger partial charge is 0.481 e. The molecule has 1 atom stereocenters. The molecule has 0 heterocycles. The summed E-state index contributed by atoms with van der Waals surface area (Å²) >= 11 is 0. The molecule has 104 valence electrons. The molecule has 0 radical (unpaired) electrons. The Morgan fingerprint density at radius 3 is 2.42 bits per heavy atom. The van der Waals surface area contributed by atoms with Gasteiger partial charge in [0.05, 0.1) is 0 Å². The van der Waals surface area contributed by atoms with Crippen LogP contribution in [0.25, 0.3) is 0 Å². The molecule has 0 aliphatic carbocycles. The van der Waals surface area contributed by atoms with Crippen molar-refractivity contribution in [2.45, 2.75) is 45.6 Å². The number of hydrogen-bond acceptors (Lipinski definition) is 2. The first-order valence-electron chi connectivity index (χ1n) is 6.64. The van der Waals surface area contributed by atoms with E-state index in [-0.39, 0.29) is 18.4 Å². The smallest absolute Gasteiger partial charge is 0.303 e. The Bertz CT molecular complexity index is 426. The fraction of sp³-hybridized carbons (Fsp3) is 0.467. The van der Waals surface area contributed by atoms with Gasteiger partial charge < -0.3 is 10.4 Å². The minimum atomic E-state index is -0.843. The summed E-state index contributed by atoms with van der Waals surface area (Å²) in [5, 5.41) is 11.4. The standard InChI is InChI=1S/C15H21NO3/c1-3-4-12-6-8-13(9-7-12)15(19)16-11(2)5-10-14(17)18/h6-9,11H,3-5,10H2,1-2H3,(H,16,19)(H,17,18). The summed E-state index contributed by atoms with van der Waals surface area (Å²) in [6.45, 7) is 3.93. The van der Waals surface area contributed by atoms with Crippen LogP contribution in [0.4, 0.5) is 0 Å². The van der Waals surface area contributed by atoms with Gasteiger partial charge in [0.1, 0.15) is 0 Å². The van der Waals surface area contributed by atoms with E-state index in [0.717, 1.165) is 12.8 Å². The Kier molecular flexibility index (Phi) is 6.06. The molecule has 0 spiro atoms. The lowest BCUT2D eigenvalue weighted by Gasteiger charge is -2.13. The van der Waals surface area contributed by atoms with Crippen molar-refractivity contribution in [3.8, 4) is 0 Å². The van der Waals surface area contributed by atoms with Crippen LogP contribution in [-0.4, -0.2) is 23.0 Å². The van der Waals surface area contributed by atoms with E-state index in [1.54, 1.807) is 0 Å². The Balaban J connectivity index is 2.50. The predicted octanol–water partition coefficient (Wildman–Crippen LogP) is 2.62. The van der Waals surface area contributed by atoms with Gasteiger partial charge in [-0.05, 0) is 37.5 Å². The molecular weight excluding hydrogens is 242 g/mol. The second kappa shape index (κ2) is 7.56. The Labute approximate surface area is 113 Å². The van der Waals surface area contributed by atoms with Crippen molar-refractivity contribution >= 4 is 11.9 Å². The highest BCUT2D eigenvalue weighted by Crippen LogP contribution is 2.07. The zero-order chi connectivity index (χ0) is 14.3. The molecule has 0 saturated carbocycles. The molecule has 0 aromatic heterocycles. The van der Waals surface area contributed by atoms with Gasteiger partial charge in [0.25, 0.3) is 5.91 Å². The van der Waals surface area contributed by atoms with Gasteiger partial charge in [-0.1, -0.05) is 25.5 Å². The summed E-state index contributed by atoms with van der Waals surface area (Å²) in [7, 11) is 0. The van der Waals surface area contributed by atoms with Crippen molar-refractivity contribution < 1.29 is 14.7 Å². The van der Waals surface area contributed by atoms with Crippen LogP contribution < -0.4 is 5.32 Å². The number of carbonyl (C=O) groups is 2. The average molecular weight is 263 g/mol. The number of aryl methyl sites for hydroxylation is 1. The van der Waals surface area contributed by atoms with Crippen molar-refractivity contribution in [1.29, 1.82) is 0 Å². The molecule has 1 aromatic carbocycles. The fourth-order valence-corrected chi connectivity index (χ4v) is 1.83. The topological polar surface area (TPSA) is 66.4 Å². The van der Waals surface area contributed by atoms with Gasteiger partial charge in [-0.3, -0.25) is 9.59 Å². The van der Waals surface area contributed by atoms with E-state index in [4.69, 9.17) is 5.11 Å². The minimum absolute atomic E-state index is 0.0664. The number of benzene rings is 1. The monoisotopic (exact) mass is 263 g/mol. The molecule has 4 nitrogen and oxygen atoms in total. The molecule has 1 amide bonds. The van der Waals surface area contributed by atoms with Crippen molar-refractivity contribution in [1.82, 2.24) is 5.32 Å². The van der Waals surface area contributed by atoms with Crippen molar-refractivity contribution in [3.63, 3.8) is 0 Å². The molecule has 2 N–H and O–H groups in total. The summed E-state index contributed by atoms with van der Waals surface area (Å²) in [6.07, 6.45) is 2.60. The lowest BCUT2D eigenvalue weighted by molar-refractivity contribution is -0.137. The minimum Gasteiger partial charge on any atom is -0.481 e. The second-order valence-electron chi connectivity index (χ2n) is 4.75. The summed E-state index contributed by atoms with van der Waals surface area (Å²) in [5.74, 6) is -0.994. The van der Waals surface area contributed by atoms with E-state index in [1.807, 2.05) is 31.2 Å². The number of hydrogen-bond donors (Lipinski definition) is 2. The number of carboxylic acid groups (broad SMARTS) is 1. The van der Waals surface area contributed by atoms with Crippen molar-refractivity contribution in [2.24, 2.45) is 0 Å². The third kappa shape index (κ3) is 5.55. The normalized spacial score (nSPS) is 11.9. The van der Waals surface area contributed by atoms with Crippen LogP contribution in [0, 0.1) is 0 Å². The fourth-order valence-electron chi connectivity index (χ4n) is 1.83. The highest BCUT2D eigenvalue weighted by atomic mass is 16.4. The molecule has 0 bridgehead atoms.